The van der Waals surface area contributed by atoms with E-state index in [1.54, 1.807) is 0 Å². The van der Waals surface area contributed by atoms with Crippen LogP contribution in [0.3, 0.4) is 0 Å². The number of hydrogen-bond donors (Lipinski definition) is 0. The highest BCUT2D eigenvalue weighted by atomic mass is 16.5. The lowest BCUT2D eigenvalue weighted by atomic mass is 9.97. The van der Waals surface area contributed by atoms with Crippen molar-refractivity contribution < 1.29 is 9.53 Å². The van der Waals surface area contributed by atoms with E-state index in [1.807, 2.05) is 13.0 Å². The molecule has 0 bridgehead atoms. The van der Waals surface area contributed by atoms with Gasteiger partial charge in [-0.1, -0.05) is 6.92 Å². The van der Waals surface area contributed by atoms with Crippen LogP contribution in [0.1, 0.15) is 26.7 Å². The van der Waals surface area contributed by atoms with Crippen molar-refractivity contribution in [2.24, 2.45) is 5.92 Å². The quantitative estimate of drug-likeness (QED) is 0.465. The molecule has 0 radical (unpaired) electrons. The number of aldehydes is 1. The first kappa shape index (κ1) is 9.46. The topological polar surface area (TPSA) is 26.3 Å². The second-order valence-electron chi connectivity index (χ2n) is 3.57. The number of carbonyl (C=O) groups is 1. The van der Waals surface area contributed by atoms with Crippen molar-refractivity contribution in [1.82, 2.24) is 0 Å². The third-order valence-corrected chi connectivity index (χ3v) is 2.21. The molecule has 0 aliphatic carbocycles. The average molecular weight is 168 g/mol. The van der Waals surface area contributed by atoms with Gasteiger partial charge in [-0.2, -0.15) is 0 Å². The summed E-state index contributed by atoms with van der Waals surface area (Å²) in [6.45, 7) is 4.86. The molecule has 68 valence electrons. The molecule has 2 heteroatoms. The van der Waals surface area contributed by atoms with Crippen LogP contribution < -0.4 is 0 Å². The van der Waals surface area contributed by atoms with Crippen molar-refractivity contribution in [3.05, 3.63) is 11.6 Å². The fraction of sp³-hybridized carbons (Fsp3) is 0.700. The van der Waals surface area contributed by atoms with Gasteiger partial charge in [0, 0.05) is 6.61 Å². The van der Waals surface area contributed by atoms with Crippen LogP contribution in [0.2, 0.25) is 0 Å². The third-order valence-electron chi connectivity index (χ3n) is 2.21. The molecule has 1 fully saturated rings. The zero-order chi connectivity index (χ0) is 8.97. The average Bonchev–Trinajstić information content (AvgIpc) is 2.04. The van der Waals surface area contributed by atoms with Crippen LogP contribution in [0.4, 0.5) is 0 Å². The summed E-state index contributed by atoms with van der Waals surface area (Å²) in [5, 5.41) is 0. The summed E-state index contributed by atoms with van der Waals surface area (Å²) in [6.07, 6.45) is 5.15. The molecule has 1 rings (SSSR count). The molecule has 1 aliphatic heterocycles. The fourth-order valence-electron chi connectivity index (χ4n) is 1.45. The first-order valence-electron chi connectivity index (χ1n) is 4.47. The van der Waals surface area contributed by atoms with Gasteiger partial charge in [0.25, 0.3) is 0 Å². The summed E-state index contributed by atoms with van der Waals surface area (Å²) in [4.78, 5) is 10.3. The molecule has 0 aromatic rings. The lowest BCUT2D eigenvalue weighted by molar-refractivity contribution is -0.105. The number of carbonyl (C=O) groups excluding carboxylic acids is 1. The van der Waals surface area contributed by atoms with Crippen LogP contribution in [-0.2, 0) is 9.53 Å². The Morgan fingerprint density at radius 3 is 2.92 bits per heavy atom. The minimum absolute atomic E-state index is 0.166. The van der Waals surface area contributed by atoms with Crippen molar-refractivity contribution in [2.45, 2.75) is 32.8 Å². The van der Waals surface area contributed by atoms with Crippen LogP contribution >= 0.6 is 0 Å². The summed E-state index contributed by atoms with van der Waals surface area (Å²) in [5.74, 6) is 0.722. The molecule has 0 spiro atoms. The molecule has 0 saturated carbocycles. The van der Waals surface area contributed by atoms with Crippen LogP contribution in [0.25, 0.3) is 0 Å². The molecule has 0 unspecified atom stereocenters. The molecule has 1 aliphatic rings. The number of rotatable bonds is 2. The van der Waals surface area contributed by atoms with Gasteiger partial charge in [-0.15, -0.1) is 0 Å². The van der Waals surface area contributed by atoms with E-state index < -0.39 is 0 Å². The second kappa shape index (κ2) is 4.41. The summed E-state index contributed by atoms with van der Waals surface area (Å²) in [6, 6.07) is 0. The van der Waals surface area contributed by atoms with Crippen molar-refractivity contribution in [3.63, 3.8) is 0 Å². The van der Waals surface area contributed by atoms with Crippen LogP contribution in [-0.4, -0.2) is 19.0 Å². The molecule has 1 heterocycles. The highest BCUT2D eigenvalue weighted by molar-refractivity contribution is 5.72. The number of ether oxygens (including phenoxy) is 1. The maximum absolute atomic E-state index is 10.3. The van der Waals surface area contributed by atoms with E-state index in [-0.39, 0.29) is 6.10 Å². The minimum Gasteiger partial charge on any atom is -0.374 e. The number of allylic oxidation sites excluding steroid dienone is 1. The number of hydrogen-bond acceptors (Lipinski definition) is 2. The van der Waals surface area contributed by atoms with Gasteiger partial charge < -0.3 is 4.74 Å². The minimum atomic E-state index is 0.166. The molecule has 12 heavy (non-hydrogen) atoms. The monoisotopic (exact) mass is 168 g/mol. The molecular weight excluding hydrogens is 152 g/mol. The van der Waals surface area contributed by atoms with Gasteiger partial charge in [-0.25, -0.2) is 0 Å². The van der Waals surface area contributed by atoms with Gasteiger partial charge in [0.2, 0.25) is 0 Å². The van der Waals surface area contributed by atoms with Crippen LogP contribution in [0.5, 0.6) is 0 Å². The van der Waals surface area contributed by atoms with Gasteiger partial charge in [0.15, 0.2) is 0 Å². The van der Waals surface area contributed by atoms with Gasteiger partial charge in [-0.3, -0.25) is 4.79 Å². The molecule has 1 saturated heterocycles. The normalized spacial score (nSPS) is 31.7. The standard InChI is InChI=1S/C10H16O2/c1-8-3-4-12-10(5-8)6-9(2)7-11/h6-8,10H,3-5H2,1-2H3/b9-6+/t8-,10+/m0/s1. The van der Waals surface area contributed by atoms with Crippen molar-refractivity contribution in [3.8, 4) is 0 Å². The molecule has 0 amide bonds. The van der Waals surface area contributed by atoms with Gasteiger partial charge in [0.05, 0.1) is 6.10 Å². The highest BCUT2D eigenvalue weighted by Gasteiger charge is 2.17. The Balaban J connectivity index is 2.46. The Hall–Kier alpha value is -0.630. The van der Waals surface area contributed by atoms with E-state index in [2.05, 4.69) is 6.92 Å². The SMILES string of the molecule is C/C(C=O)=C\[C@H]1C[C@@H](C)CCO1. The zero-order valence-electron chi connectivity index (χ0n) is 7.75. The lowest BCUT2D eigenvalue weighted by Crippen LogP contribution is -2.22. The van der Waals surface area contributed by atoms with Gasteiger partial charge in [0.1, 0.15) is 6.29 Å². The third kappa shape index (κ3) is 2.78. The van der Waals surface area contributed by atoms with E-state index in [1.165, 1.54) is 0 Å². The van der Waals surface area contributed by atoms with Crippen molar-refractivity contribution >= 4 is 6.29 Å². The first-order valence-corrected chi connectivity index (χ1v) is 4.47. The van der Waals surface area contributed by atoms with Gasteiger partial charge >= 0.3 is 0 Å². The predicted molar refractivity (Wildman–Crippen MR) is 48.0 cm³/mol. The molecule has 2 atom stereocenters. The Bertz CT molecular complexity index is 184. The Morgan fingerprint density at radius 2 is 2.33 bits per heavy atom. The highest BCUT2D eigenvalue weighted by Crippen LogP contribution is 2.20. The summed E-state index contributed by atoms with van der Waals surface area (Å²) in [7, 11) is 0. The summed E-state index contributed by atoms with van der Waals surface area (Å²) < 4.78 is 5.49. The molecule has 2 nitrogen and oxygen atoms in total. The Morgan fingerprint density at radius 1 is 1.58 bits per heavy atom. The fourth-order valence-corrected chi connectivity index (χ4v) is 1.45. The van der Waals surface area contributed by atoms with E-state index in [9.17, 15) is 4.79 Å². The van der Waals surface area contributed by atoms with E-state index in [0.717, 1.165) is 37.2 Å². The van der Waals surface area contributed by atoms with Crippen LogP contribution in [0, 0.1) is 5.92 Å². The largest absolute Gasteiger partial charge is 0.374 e. The Labute approximate surface area is 73.6 Å². The van der Waals surface area contributed by atoms with E-state index in [0.29, 0.717) is 0 Å². The maximum atomic E-state index is 10.3. The predicted octanol–water partition coefficient (Wildman–Crippen LogP) is 1.95. The molecule has 0 aromatic carbocycles. The van der Waals surface area contributed by atoms with Crippen LogP contribution in [0.15, 0.2) is 11.6 Å². The smallest absolute Gasteiger partial charge is 0.145 e. The maximum Gasteiger partial charge on any atom is 0.145 e. The van der Waals surface area contributed by atoms with E-state index in [4.69, 9.17) is 4.74 Å². The molecular formula is C10H16O2. The Kier molecular flexibility index (Phi) is 3.48. The van der Waals surface area contributed by atoms with E-state index >= 15 is 0 Å². The summed E-state index contributed by atoms with van der Waals surface area (Å²) >= 11 is 0. The summed E-state index contributed by atoms with van der Waals surface area (Å²) in [5.41, 5.74) is 0.772. The second-order valence-corrected chi connectivity index (χ2v) is 3.57. The van der Waals surface area contributed by atoms with Crippen molar-refractivity contribution in [2.75, 3.05) is 6.61 Å². The molecule has 0 aromatic heterocycles. The van der Waals surface area contributed by atoms with Crippen molar-refractivity contribution in [1.29, 1.82) is 0 Å². The zero-order valence-corrected chi connectivity index (χ0v) is 7.75. The van der Waals surface area contributed by atoms with Gasteiger partial charge in [-0.05, 0) is 37.3 Å². The lowest BCUT2D eigenvalue weighted by Gasteiger charge is -2.25. The molecule has 0 N–H and O–H groups in total. The first-order chi connectivity index (χ1) is 5.72.